The lowest BCUT2D eigenvalue weighted by molar-refractivity contribution is 0.0928. The highest BCUT2D eigenvalue weighted by Crippen LogP contribution is 2.20. The van der Waals surface area contributed by atoms with E-state index in [4.69, 9.17) is 0 Å². The lowest BCUT2D eigenvalue weighted by atomic mass is 10.0. The third-order valence-electron chi connectivity index (χ3n) is 5.58. The van der Waals surface area contributed by atoms with Gasteiger partial charge in [0.25, 0.3) is 11.5 Å². The monoisotopic (exact) mass is 405 g/mol. The molecule has 5 nitrogen and oxygen atoms in total. The minimum Gasteiger partial charge on any atom is -0.371 e. The molecule has 0 saturated carbocycles. The Labute approximate surface area is 174 Å². The van der Waals surface area contributed by atoms with E-state index in [1.54, 1.807) is 19.2 Å². The molecular formula is C24H24FN3O2. The number of carbonyl (C=O) groups excluding carboxylic acids is 1. The molecule has 30 heavy (non-hydrogen) atoms. The van der Waals surface area contributed by atoms with Crippen LogP contribution < -0.4 is 15.8 Å². The summed E-state index contributed by atoms with van der Waals surface area (Å²) < 4.78 is 14.6. The van der Waals surface area contributed by atoms with Gasteiger partial charge < -0.3 is 10.2 Å². The third-order valence-corrected chi connectivity index (χ3v) is 5.58. The van der Waals surface area contributed by atoms with Gasteiger partial charge in [0, 0.05) is 36.7 Å². The van der Waals surface area contributed by atoms with Crippen LogP contribution in [0.3, 0.4) is 0 Å². The molecule has 1 aliphatic rings. The van der Waals surface area contributed by atoms with Crippen molar-refractivity contribution in [3.05, 3.63) is 94.2 Å². The summed E-state index contributed by atoms with van der Waals surface area (Å²) in [5.41, 5.74) is 2.06. The van der Waals surface area contributed by atoms with Gasteiger partial charge in [-0.3, -0.25) is 14.2 Å². The summed E-state index contributed by atoms with van der Waals surface area (Å²) in [5, 5.41) is 3.04. The van der Waals surface area contributed by atoms with Crippen LogP contribution in [0.4, 0.5) is 10.1 Å². The molecule has 0 radical (unpaired) electrons. The second kappa shape index (κ2) is 8.53. The number of nitrogens with zero attached hydrogens (tertiary/aromatic N) is 2. The highest BCUT2D eigenvalue weighted by atomic mass is 19.1. The molecule has 0 aliphatic carbocycles. The zero-order chi connectivity index (χ0) is 21.1. The fourth-order valence-corrected chi connectivity index (χ4v) is 3.89. The molecule has 0 spiro atoms. The number of piperidine rings is 1. The maximum Gasteiger partial charge on any atom is 0.268 e. The molecule has 1 fully saturated rings. The molecule has 154 valence electrons. The van der Waals surface area contributed by atoms with E-state index in [2.05, 4.69) is 22.3 Å². The summed E-state index contributed by atoms with van der Waals surface area (Å²) in [7, 11) is 0. The number of nitrogens with one attached hydrogen (secondary N) is 1. The van der Waals surface area contributed by atoms with Crippen molar-refractivity contribution in [3.63, 3.8) is 0 Å². The molecule has 1 aromatic heterocycles. The summed E-state index contributed by atoms with van der Waals surface area (Å²) in [6, 6.07) is 17.6. The first-order chi connectivity index (χ1) is 14.5. The molecule has 0 bridgehead atoms. The predicted molar refractivity (Wildman–Crippen MR) is 116 cm³/mol. The van der Waals surface area contributed by atoms with Crippen LogP contribution in [0.15, 0.2) is 71.7 Å². The Balaban J connectivity index is 1.48. The van der Waals surface area contributed by atoms with Crippen molar-refractivity contribution in [2.75, 3.05) is 18.0 Å². The maximum absolute atomic E-state index is 13.2. The van der Waals surface area contributed by atoms with Gasteiger partial charge in [-0.25, -0.2) is 4.39 Å². The van der Waals surface area contributed by atoms with Crippen LogP contribution in [0.2, 0.25) is 0 Å². The number of aryl methyl sites for hydroxylation is 1. The molecule has 1 amide bonds. The van der Waals surface area contributed by atoms with Crippen LogP contribution in [-0.2, 0) is 0 Å². The largest absolute Gasteiger partial charge is 0.371 e. The highest BCUT2D eigenvalue weighted by molar-refractivity contribution is 5.95. The molecule has 3 aromatic rings. The number of halogens is 1. The molecular weight excluding hydrogens is 381 g/mol. The third kappa shape index (κ3) is 4.13. The summed E-state index contributed by atoms with van der Waals surface area (Å²) in [4.78, 5) is 28.2. The molecule has 2 aromatic carbocycles. The van der Waals surface area contributed by atoms with Gasteiger partial charge >= 0.3 is 0 Å². The SMILES string of the molecule is Cc1ccn(-c2ccc(F)cc2)c(=O)c1C(=O)NC1CCN(c2ccccc2)CC1. The van der Waals surface area contributed by atoms with Gasteiger partial charge in [0.05, 0.1) is 0 Å². The first kappa shape index (κ1) is 19.9. The van der Waals surface area contributed by atoms with E-state index >= 15 is 0 Å². The summed E-state index contributed by atoms with van der Waals surface area (Å²) in [6.45, 7) is 3.45. The summed E-state index contributed by atoms with van der Waals surface area (Å²) in [6.07, 6.45) is 3.25. The first-order valence-corrected chi connectivity index (χ1v) is 10.1. The van der Waals surface area contributed by atoms with Gasteiger partial charge in [-0.1, -0.05) is 18.2 Å². The van der Waals surface area contributed by atoms with Gasteiger partial charge in [-0.05, 0) is 67.8 Å². The average molecular weight is 405 g/mol. The summed E-state index contributed by atoms with van der Waals surface area (Å²) in [5.74, 6) is -0.731. The van der Waals surface area contributed by atoms with Crippen molar-refractivity contribution in [2.45, 2.75) is 25.8 Å². The van der Waals surface area contributed by atoms with Crippen molar-refractivity contribution < 1.29 is 9.18 Å². The minimum absolute atomic E-state index is 0.0238. The average Bonchev–Trinajstić information content (AvgIpc) is 2.76. The minimum atomic E-state index is -0.402. The number of hydrogen-bond donors (Lipinski definition) is 1. The number of anilines is 1. The molecule has 0 atom stereocenters. The van der Waals surface area contributed by atoms with E-state index in [0.29, 0.717) is 11.3 Å². The molecule has 2 heterocycles. The number of carbonyl (C=O) groups is 1. The van der Waals surface area contributed by atoms with Crippen LogP contribution in [0.1, 0.15) is 28.8 Å². The molecule has 6 heteroatoms. The number of rotatable bonds is 4. The highest BCUT2D eigenvalue weighted by Gasteiger charge is 2.24. The van der Waals surface area contributed by atoms with Crippen molar-refractivity contribution in [2.24, 2.45) is 0 Å². The van der Waals surface area contributed by atoms with Crippen molar-refractivity contribution in [1.82, 2.24) is 9.88 Å². The van der Waals surface area contributed by atoms with Crippen LogP contribution >= 0.6 is 0 Å². The molecule has 1 N–H and O–H groups in total. The second-order valence-corrected chi connectivity index (χ2v) is 7.60. The van der Waals surface area contributed by atoms with Gasteiger partial charge in [0.15, 0.2) is 0 Å². The van der Waals surface area contributed by atoms with Gasteiger partial charge in [0.1, 0.15) is 11.4 Å². The van der Waals surface area contributed by atoms with Gasteiger partial charge in [0.2, 0.25) is 0 Å². The number of hydrogen-bond acceptors (Lipinski definition) is 3. The zero-order valence-electron chi connectivity index (χ0n) is 16.8. The Kier molecular flexibility index (Phi) is 5.65. The quantitative estimate of drug-likeness (QED) is 0.720. The Hall–Kier alpha value is -3.41. The fraction of sp³-hybridized carbons (Fsp3) is 0.250. The first-order valence-electron chi connectivity index (χ1n) is 10.1. The fourth-order valence-electron chi connectivity index (χ4n) is 3.89. The van der Waals surface area contributed by atoms with E-state index in [0.717, 1.165) is 25.9 Å². The predicted octanol–water partition coefficient (Wildman–Crippen LogP) is 3.68. The Morgan fingerprint density at radius 1 is 0.967 bits per heavy atom. The van der Waals surface area contributed by atoms with Crippen LogP contribution in [0.25, 0.3) is 5.69 Å². The van der Waals surface area contributed by atoms with E-state index in [1.807, 2.05) is 18.2 Å². The van der Waals surface area contributed by atoms with Crippen LogP contribution in [0.5, 0.6) is 0 Å². The lowest BCUT2D eigenvalue weighted by Crippen LogP contribution is -2.46. The number of para-hydroxylation sites is 1. The van der Waals surface area contributed by atoms with E-state index < -0.39 is 5.56 Å². The zero-order valence-corrected chi connectivity index (χ0v) is 16.8. The Bertz CT molecular complexity index is 1090. The van der Waals surface area contributed by atoms with E-state index in [-0.39, 0.29) is 23.3 Å². The van der Waals surface area contributed by atoms with Gasteiger partial charge in [-0.2, -0.15) is 0 Å². The molecule has 1 saturated heterocycles. The van der Waals surface area contributed by atoms with Crippen molar-refractivity contribution >= 4 is 11.6 Å². The van der Waals surface area contributed by atoms with Crippen LogP contribution in [-0.4, -0.2) is 29.6 Å². The second-order valence-electron chi connectivity index (χ2n) is 7.60. The Morgan fingerprint density at radius 3 is 2.30 bits per heavy atom. The smallest absolute Gasteiger partial charge is 0.268 e. The molecule has 0 unspecified atom stereocenters. The maximum atomic E-state index is 13.2. The Morgan fingerprint density at radius 2 is 1.63 bits per heavy atom. The van der Waals surface area contributed by atoms with Crippen molar-refractivity contribution in [3.8, 4) is 5.69 Å². The lowest BCUT2D eigenvalue weighted by Gasteiger charge is -2.34. The van der Waals surface area contributed by atoms with E-state index in [9.17, 15) is 14.0 Å². The number of amides is 1. The number of benzene rings is 2. The summed E-state index contributed by atoms with van der Waals surface area (Å²) >= 11 is 0. The van der Waals surface area contributed by atoms with Crippen LogP contribution in [0, 0.1) is 12.7 Å². The number of aromatic nitrogens is 1. The topological polar surface area (TPSA) is 54.3 Å². The molecule has 1 aliphatic heterocycles. The standard InChI is InChI=1S/C24H24FN3O2/c1-17-11-16-28(21-9-7-18(25)8-10-21)24(30)22(17)23(29)26-19-12-14-27(15-13-19)20-5-3-2-4-6-20/h2-11,16,19H,12-15H2,1H3,(H,26,29). The van der Waals surface area contributed by atoms with E-state index in [1.165, 1.54) is 34.5 Å². The number of pyridine rings is 1. The molecule has 4 rings (SSSR count). The van der Waals surface area contributed by atoms with Gasteiger partial charge in [-0.15, -0.1) is 0 Å². The normalized spacial score (nSPS) is 14.5. The van der Waals surface area contributed by atoms with Crippen molar-refractivity contribution in [1.29, 1.82) is 0 Å².